The topological polar surface area (TPSA) is 49.4 Å². The summed E-state index contributed by atoms with van der Waals surface area (Å²) < 4.78 is 15.7. The van der Waals surface area contributed by atoms with Crippen molar-refractivity contribution in [2.24, 2.45) is 0 Å². The minimum absolute atomic E-state index is 0.211. The van der Waals surface area contributed by atoms with Gasteiger partial charge in [0, 0.05) is 29.1 Å². The van der Waals surface area contributed by atoms with Crippen LogP contribution in [-0.2, 0) is 4.79 Å². The van der Waals surface area contributed by atoms with E-state index in [9.17, 15) is 14.0 Å². The Morgan fingerprint density at radius 3 is 2.35 bits per heavy atom. The van der Waals surface area contributed by atoms with E-state index >= 15 is 0 Å². The maximum Gasteiger partial charge on any atom is 0.223 e. The molecule has 1 N–H and O–H groups in total. The van der Waals surface area contributed by atoms with Crippen LogP contribution in [0, 0.1) is 5.82 Å². The van der Waals surface area contributed by atoms with Gasteiger partial charge in [0.05, 0.1) is 5.69 Å². The first-order valence-electron chi connectivity index (χ1n) is 10.6. The Morgan fingerprint density at radius 2 is 1.71 bits per heavy atom. The second kappa shape index (κ2) is 13.2. The van der Waals surface area contributed by atoms with E-state index in [0.717, 1.165) is 49.7 Å². The number of nitrogens with one attached hydrogen (secondary N) is 1. The highest BCUT2D eigenvalue weighted by Gasteiger charge is 2.18. The summed E-state index contributed by atoms with van der Waals surface area (Å²) in [6.45, 7) is 7.49. The number of anilines is 1. The fourth-order valence-corrected chi connectivity index (χ4v) is 3.55. The number of hydrogen-bond acceptors (Lipinski definition) is 3. The van der Waals surface area contributed by atoms with Crippen molar-refractivity contribution in [3.63, 3.8) is 0 Å². The zero-order valence-corrected chi connectivity index (χ0v) is 19.6. The molecule has 0 saturated carbocycles. The molecule has 0 aliphatic carbocycles. The van der Waals surface area contributed by atoms with Crippen molar-refractivity contribution in [3.05, 3.63) is 76.5 Å². The first kappa shape index (κ1) is 25.0. The van der Waals surface area contributed by atoms with Gasteiger partial charge >= 0.3 is 0 Å². The van der Waals surface area contributed by atoms with Gasteiger partial charge in [0.15, 0.2) is 5.78 Å². The third kappa shape index (κ3) is 8.04. The summed E-state index contributed by atoms with van der Waals surface area (Å²) in [7, 11) is 0. The van der Waals surface area contributed by atoms with E-state index in [4.69, 9.17) is 0 Å². The molecule has 0 radical (unpaired) electrons. The van der Waals surface area contributed by atoms with Gasteiger partial charge in [-0.2, -0.15) is 0 Å². The van der Waals surface area contributed by atoms with Gasteiger partial charge in [-0.05, 0) is 74.8 Å². The van der Waals surface area contributed by atoms with Crippen LogP contribution in [0.1, 0.15) is 54.9 Å². The quantitative estimate of drug-likeness (QED) is 0.217. The van der Waals surface area contributed by atoms with Crippen LogP contribution in [-0.4, -0.2) is 31.3 Å². The summed E-state index contributed by atoms with van der Waals surface area (Å²) in [4.78, 5) is 26.2. The number of carbonyl (C=O) groups excluding carboxylic acids is 2. The fourth-order valence-electron chi connectivity index (χ4n) is 3.29. The van der Waals surface area contributed by atoms with Crippen LogP contribution in [0.2, 0.25) is 0 Å². The molecular weight excluding hydrogens is 459 g/mol. The molecular formula is C25H30BrFN2O2. The standard InChI is InChI=1S/C25H30BrFN2O2/c1-3-4-15-28-16-7-5-6-8-17-29(19(2)30)24-14-11-21(18-23(24)27)25(31)20-9-12-22(26)13-10-20/h3,9-14,18,28H,1,4-8,15-17H2,2H3. The average Bonchev–Trinajstić information content (AvgIpc) is 2.75. The molecule has 0 atom stereocenters. The monoisotopic (exact) mass is 488 g/mol. The predicted octanol–water partition coefficient (Wildman–Crippen LogP) is 5.90. The normalized spacial score (nSPS) is 10.7. The van der Waals surface area contributed by atoms with Crippen LogP contribution in [0.15, 0.2) is 59.6 Å². The smallest absolute Gasteiger partial charge is 0.223 e. The van der Waals surface area contributed by atoms with Crippen LogP contribution >= 0.6 is 15.9 Å². The summed E-state index contributed by atoms with van der Waals surface area (Å²) in [6, 6.07) is 11.2. The Morgan fingerprint density at radius 1 is 1.03 bits per heavy atom. The Hall–Kier alpha value is -2.31. The van der Waals surface area contributed by atoms with Crippen LogP contribution < -0.4 is 10.2 Å². The number of benzene rings is 2. The molecule has 2 rings (SSSR count). The van der Waals surface area contributed by atoms with Crippen LogP contribution in [0.5, 0.6) is 0 Å². The van der Waals surface area contributed by atoms with Crippen LogP contribution in [0.25, 0.3) is 0 Å². The van der Waals surface area contributed by atoms with E-state index in [-0.39, 0.29) is 22.9 Å². The molecule has 0 aromatic heterocycles. The van der Waals surface area contributed by atoms with Crippen molar-refractivity contribution in [1.82, 2.24) is 5.32 Å². The maximum absolute atomic E-state index is 14.8. The molecule has 31 heavy (non-hydrogen) atoms. The molecule has 0 saturated heterocycles. The van der Waals surface area contributed by atoms with Gasteiger partial charge in [-0.15, -0.1) is 6.58 Å². The van der Waals surface area contributed by atoms with Gasteiger partial charge in [-0.3, -0.25) is 9.59 Å². The highest BCUT2D eigenvalue weighted by atomic mass is 79.9. The van der Waals surface area contributed by atoms with Crippen molar-refractivity contribution in [3.8, 4) is 0 Å². The number of ketones is 1. The first-order chi connectivity index (χ1) is 14.9. The molecule has 0 fully saturated rings. The fraction of sp³-hybridized carbons (Fsp3) is 0.360. The second-order valence-corrected chi connectivity index (χ2v) is 8.33. The van der Waals surface area contributed by atoms with E-state index in [1.54, 1.807) is 30.3 Å². The van der Waals surface area contributed by atoms with E-state index in [2.05, 4.69) is 27.8 Å². The van der Waals surface area contributed by atoms with Crippen molar-refractivity contribution in [1.29, 1.82) is 0 Å². The number of amides is 1. The Labute approximate surface area is 192 Å². The summed E-state index contributed by atoms with van der Waals surface area (Å²) >= 11 is 3.33. The minimum atomic E-state index is -0.565. The van der Waals surface area contributed by atoms with Crippen molar-refractivity contribution >= 4 is 33.3 Å². The average molecular weight is 489 g/mol. The molecule has 2 aromatic rings. The maximum atomic E-state index is 14.8. The number of halogens is 2. The lowest BCUT2D eigenvalue weighted by Crippen LogP contribution is -2.30. The van der Waals surface area contributed by atoms with E-state index in [0.29, 0.717) is 12.1 Å². The Bertz CT molecular complexity index is 884. The summed E-state index contributed by atoms with van der Waals surface area (Å²) in [5, 5.41) is 3.35. The summed E-state index contributed by atoms with van der Waals surface area (Å²) in [6.07, 6.45) is 6.74. The van der Waals surface area contributed by atoms with E-state index in [1.165, 1.54) is 24.0 Å². The third-order valence-corrected chi connectivity index (χ3v) is 5.53. The lowest BCUT2D eigenvalue weighted by molar-refractivity contribution is -0.116. The molecule has 4 nitrogen and oxygen atoms in total. The van der Waals surface area contributed by atoms with E-state index < -0.39 is 5.82 Å². The zero-order chi connectivity index (χ0) is 22.6. The number of carbonyl (C=O) groups is 2. The van der Waals surface area contributed by atoms with Crippen molar-refractivity contribution in [2.75, 3.05) is 24.5 Å². The largest absolute Gasteiger partial charge is 0.316 e. The minimum Gasteiger partial charge on any atom is -0.316 e. The van der Waals surface area contributed by atoms with Gasteiger partial charge in [-0.1, -0.05) is 34.8 Å². The summed E-state index contributed by atoms with van der Waals surface area (Å²) in [5.41, 5.74) is 0.958. The molecule has 0 spiro atoms. The van der Waals surface area contributed by atoms with Gasteiger partial charge < -0.3 is 10.2 Å². The highest BCUT2D eigenvalue weighted by Crippen LogP contribution is 2.23. The number of rotatable bonds is 13. The molecule has 0 heterocycles. The Balaban J connectivity index is 1.92. The predicted molar refractivity (Wildman–Crippen MR) is 128 cm³/mol. The lowest BCUT2D eigenvalue weighted by Gasteiger charge is -2.22. The van der Waals surface area contributed by atoms with Gasteiger partial charge in [0.1, 0.15) is 5.82 Å². The van der Waals surface area contributed by atoms with Crippen LogP contribution in [0.4, 0.5) is 10.1 Å². The van der Waals surface area contributed by atoms with Crippen molar-refractivity contribution < 1.29 is 14.0 Å². The van der Waals surface area contributed by atoms with Gasteiger partial charge in [-0.25, -0.2) is 4.39 Å². The molecule has 6 heteroatoms. The van der Waals surface area contributed by atoms with Crippen LogP contribution in [0.3, 0.4) is 0 Å². The summed E-state index contributed by atoms with van der Waals surface area (Å²) in [5.74, 6) is -1.03. The van der Waals surface area contributed by atoms with Crippen molar-refractivity contribution in [2.45, 2.75) is 39.0 Å². The zero-order valence-electron chi connectivity index (χ0n) is 18.0. The molecule has 1 amide bonds. The molecule has 0 bridgehead atoms. The molecule has 0 aliphatic heterocycles. The molecule has 0 aliphatic rings. The number of nitrogens with zero attached hydrogens (tertiary/aromatic N) is 1. The highest BCUT2D eigenvalue weighted by molar-refractivity contribution is 9.10. The first-order valence-corrected chi connectivity index (χ1v) is 11.4. The van der Waals surface area contributed by atoms with Gasteiger partial charge in [0.25, 0.3) is 0 Å². The van der Waals surface area contributed by atoms with E-state index in [1.807, 2.05) is 6.08 Å². The number of unbranched alkanes of at least 4 members (excludes halogenated alkanes) is 3. The molecule has 166 valence electrons. The third-order valence-electron chi connectivity index (χ3n) is 5.00. The second-order valence-electron chi connectivity index (χ2n) is 7.41. The molecule has 2 aromatic carbocycles. The number of hydrogen-bond donors (Lipinski definition) is 1. The Kier molecular flexibility index (Phi) is 10.6. The SMILES string of the molecule is C=CCCNCCCCCCN(C(C)=O)c1ccc(C(=O)c2ccc(Br)cc2)cc1F. The lowest BCUT2D eigenvalue weighted by atomic mass is 10.0. The van der Waals surface area contributed by atoms with Gasteiger partial charge in [0.2, 0.25) is 5.91 Å². The molecule has 0 unspecified atom stereocenters.